The summed E-state index contributed by atoms with van der Waals surface area (Å²) in [6.07, 6.45) is -45.0. The van der Waals surface area contributed by atoms with Gasteiger partial charge in [0.05, 0.1) is 76.9 Å². The summed E-state index contributed by atoms with van der Waals surface area (Å²) in [6.45, 7) is 15.2. The molecule has 1 spiro atoms. The summed E-state index contributed by atoms with van der Waals surface area (Å²) in [5.74, 6) is -1.90. The Labute approximate surface area is 595 Å². The van der Waals surface area contributed by atoms with Crippen LogP contribution in [0.4, 0.5) is 0 Å². The summed E-state index contributed by atoms with van der Waals surface area (Å²) in [5, 5.41) is 169. The highest BCUT2D eigenvalue weighted by molar-refractivity contribution is 5.84. The highest BCUT2D eigenvalue weighted by Crippen LogP contribution is 2.76. The SMILES string of the molecule is C=C(C)CCC(O)[C@]1(C)OC(=O)[C@]23CC=C4[C@@H](CC[C@H]5C(C)(C)[C@@H](O[C@@H]6OC[C@@H](O[C@@H]7O[C@H](CO)[C@@H](O)[C@H](O[C@@H]8O[C@H](CO)[C@@H](O)[C@H](OOC)[C@H]8O)[C@H]7O)[C@H](O)[C@H]6O[C@@H]6O[C@H](C)[C@@H](O[C@@H]7OC[C@@H](O)[C@H](O[C@@H]8O[C@H](CO)[C@@H](O)[C@H](OOC)[C@H]8O)[C@H]7O)[C@H](O)[C@H]6O)CC[C@]45C)[C@]2(C)C[C@H](OC(C)=O)[C@H]13. The van der Waals surface area contributed by atoms with Crippen LogP contribution >= 0.6 is 0 Å². The van der Waals surface area contributed by atoms with E-state index in [4.69, 9.17) is 81.0 Å². The number of rotatable bonds is 24. The third kappa shape index (κ3) is 14.5. The molecule has 0 bridgehead atoms. The molecule has 38 atom stereocenters. The molecule has 103 heavy (non-hydrogen) atoms. The van der Waals surface area contributed by atoms with Crippen LogP contribution < -0.4 is 0 Å². The molecule has 10 fully saturated rings. The third-order valence-corrected chi connectivity index (χ3v) is 24.5. The normalized spacial score (nSPS) is 50.7. The van der Waals surface area contributed by atoms with E-state index in [2.05, 4.69) is 45.2 Å². The number of fused-ring (bicyclic) bond motifs is 4. The Bertz CT molecular complexity index is 2930. The highest BCUT2D eigenvalue weighted by Gasteiger charge is 2.81. The summed E-state index contributed by atoms with van der Waals surface area (Å²) >= 11 is 0. The van der Waals surface area contributed by atoms with E-state index in [1.807, 2.05) is 6.92 Å². The standard InChI is InChI=1S/C68H108O35/c1-26(2)12-15-38(74)67(9)56-32(91-28(4)72)20-66(8)30-13-14-37-64(5,6)39(17-18-65(37,7)29(30)16-19-68(56,66)63(85)101-67)96-62-55(43(78)36(25-89-62)95-59-47(82)52(40(75)33(21-69)92-59)99-61-49(84)54(103-87-11)42(77)35(23-71)94-61)100-58-45(80)44(79)50(27(3)90-58)97-57-46(81)51(31(73)24-88-57)98-60-48(83)53(102-86-10)41(76)34(22-70)93-60/h16,27,30-62,69-71,73-84H,1,12-15,17-25H2,2-11H3/t27-,30-,31-,32+,33-,34-,35-,36-,37+,38?,39+,40-,41-,42-,43+,44-,45-,46-,47-,48-,49-,50-,51+,52+,53+,54+,55-,56-,57+,58+,59+,60+,61+,62+,65-,66+,67+,68-/m1/s1. The van der Waals surface area contributed by atoms with Gasteiger partial charge in [0.15, 0.2) is 49.9 Å². The molecular formula is C68H108O35. The summed E-state index contributed by atoms with van der Waals surface area (Å²) in [6, 6.07) is 0. The van der Waals surface area contributed by atoms with Gasteiger partial charge in [0, 0.05) is 6.92 Å². The lowest BCUT2D eigenvalue weighted by Crippen LogP contribution is -2.67. The molecule has 3 saturated carbocycles. The minimum absolute atomic E-state index is 0.113. The Kier molecular flexibility index (Phi) is 25.1. The minimum Gasteiger partial charge on any atom is -0.462 e. The maximum absolute atomic E-state index is 14.9. The second kappa shape index (κ2) is 31.9. The van der Waals surface area contributed by atoms with Crippen LogP contribution in [0.15, 0.2) is 23.8 Å². The average Bonchev–Trinajstić information content (AvgIpc) is 1.51. The molecule has 15 N–H and O–H groups in total. The van der Waals surface area contributed by atoms with Crippen LogP contribution in [0, 0.1) is 39.4 Å². The number of carbonyl (C=O) groups excluding carboxylic acids is 2. The number of ether oxygens (including phenoxy) is 14. The quantitative estimate of drug-likeness (QED) is 0.0144. The summed E-state index contributed by atoms with van der Waals surface area (Å²) in [4.78, 5) is 47.3. The molecule has 7 saturated heterocycles. The van der Waals surface area contributed by atoms with Crippen LogP contribution in [-0.2, 0) is 95.5 Å². The second-order valence-electron chi connectivity index (χ2n) is 31.0. The van der Waals surface area contributed by atoms with Gasteiger partial charge >= 0.3 is 11.9 Å². The Balaban J connectivity index is 0.840. The van der Waals surface area contributed by atoms with E-state index >= 15 is 0 Å². The van der Waals surface area contributed by atoms with Crippen molar-refractivity contribution in [2.24, 2.45) is 39.4 Å². The van der Waals surface area contributed by atoms with Gasteiger partial charge in [0.25, 0.3) is 0 Å². The number of esters is 2. The molecule has 7 heterocycles. The Morgan fingerprint density at radius 2 is 1.12 bits per heavy atom. The zero-order chi connectivity index (χ0) is 75.1. The summed E-state index contributed by atoms with van der Waals surface area (Å²) in [7, 11) is 2.20. The lowest BCUT2D eigenvalue weighted by Gasteiger charge is -2.63. The lowest BCUT2D eigenvalue weighted by molar-refractivity contribution is -0.408. The fourth-order valence-electron chi connectivity index (χ4n) is 19.2. The number of allylic oxidation sites excluding steroid dienone is 3. The predicted molar refractivity (Wildman–Crippen MR) is 339 cm³/mol. The summed E-state index contributed by atoms with van der Waals surface area (Å²) in [5.41, 5.74) is -2.53. The number of cyclic esters (lactones) is 1. The first-order chi connectivity index (χ1) is 48.6. The van der Waals surface area contributed by atoms with E-state index in [1.54, 1.807) is 6.92 Å². The van der Waals surface area contributed by atoms with E-state index in [0.717, 1.165) is 25.4 Å². The first kappa shape index (κ1) is 81.2. The molecule has 0 aromatic rings. The van der Waals surface area contributed by atoms with Gasteiger partial charge in [-0.2, -0.15) is 0 Å². The number of aliphatic hydroxyl groups excluding tert-OH is 15. The molecule has 4 aliphatic carbocycles. The molecule has 0 amide bonds. The lowest BCUT2D eigenvalue weighted by atomic mass is 9.41. The van der Waals surface area contributed by atoms with Gasteiger partial charge < -0.3 is 143 Å². The molecule has 35 nitrogen and oxygen atoms in total. The number of hydrogen-bond acceptors (Lipinski definition) is 35. The predicted octanol–water partition coefficient (Wildman–Crippen LogP) is -4.07. The van der Waals surface area contributed by atoms with Crippen LogP contribution in [0.3, 0.4) is 0 Å². The first-order valence-electron chi connectivity index (χ1n) is 35.5. The zero-order valence-corrected chi connectivity index (χ0v) is 59.5. The van der Waals surface area contributed by atoms with Gasteiger partial charge in [-0.3, -0.25) is 9.59 Å². The number of hydrogen-bond donors (Lipinski definition) is 15. The Morgan fingerprint density at radius 3 is 1.69 bits per heavy atom. The van der Waals surface area contributed by atoms with Crippen LogP contribution in [-0.4, -0.2) is 332 Å². The molecule has 11 aliphatic rings. The minimum atomic E-state index is -2.07. The summed E-state index contributed by atoms with van der Waals surface area (Å²) < 4.78 is 85.6. The van der Waals surface area contributed by atoms with Gasteiger partial charge in [0.1, 0.15) is 128 Å². The maximum Gasteiger partial charge on any atom is 0.314 e. The molecule has 0 aromatic heterocycles. The third-order valence-electron chi connectivity index (χ3n) is 24.5. The Morgan fingerprint density at radius 1 is 0.592 bits per heavy atom. The van der Waals surface area contributed by atoms with E-state index in [1.165, 1.54) is 13.8 Å². The van der Waals surface area contributed by atoms with Crippen LogP contribution in [0.5, 0.6) is 0 Å². The molecule has 0 aromatic carbocycles. The van der Waals surface area contributed by atoms with Crippen molar-refractivity contribution in [1.82, 2.24) is 0 Å². The van der Waals surface area contributed by atoms with Crippen molar-refractivity contribution in [3.63, 3.8) is 0 Å². The van der Waals surface area contributed by atoms with Crippen molar-refractivity contribution >= 4 is 11.9 Å². The van der Waals surface area contributed by atoms with Gasteiger partial charge in [-0.05, 0) is 100 Å². The van der Waals surface area contributed by atoms with Crippen LogP contribution in [0.1, 0.15) is 107 Å². The molecule has 35 heteroatoms. The van der Waals surface area contributed by atoms with E-state index in [9.17, 15) is 86.2 Å². The molecule has 11 rings (SSSR count). The second-order valence-corrected chi connectivity index (χ2v) is 31.0. The molecular weight excluding hydrogens is 1380 g/mol. The number of aliphatic hydroxyl groups is 15. The molecule has 1 unspecified atom stereocenters. The van der Waals surface area contributed by atoms with E-state index in [0.29, 0.717) is 38.5 Å². The Hall–Kier alpha value is -2.82. The fourth-order valence-corrected chi connectivity index (χ4v) is 19.2. The van der Waals surface area contributed by atoms with E-state index in [-0.39, 0.29) is 24.7 Å². The number of carbonyl (C=O) groups is 2. The monoisotopic (exact) mass is 1480 g/mol. The topological polar surface area (TPSA) is 504 Å². The van der Waals surface area contributed by atoms with Gasteiger partial charge in [-0.1, -0.05) is 44.9 Å². The van der Waals surface area contributed by atoms with E-state index < -0.39 is 268 Å². The molecule has 0 radical (unpaired) electrons. The smallest absolute Gasteiger partial charge is 0.314 e. The van der Waals surface area contributed by atoms with Crippen molar-refractivity contribution in [2.45, 2.75) is 303 Å². The maximum atomic E-state index is 14.9. The zero-order valence-electron chi connectivity index (χ0n) is 59.5. The van der Waals surface area contributed by atoms with Crippen LogP contribution in [0.2, 0.25) is 0 Å². The first-order valence-corrected chi connectivity index (χ1v) is 35.5. The van der Waals surface area contributed by atoms with Crippen molar-refractivity contribution in [3.8, 4) is 0 Å². The van der Waals surface area contributed by atoms with Crippen molar-refractivity contribution in [2.75, 3.05) is 47.3 Å². The average molecular weight is 1490 g/mol. The fraction of sp³-hybridized carbons (Fsp3) is 0.912. The van der Waals surface area contributed by atoms with Crippen molar-refractivity contribution in [1.29, 1.82) is 0 Å². The molecule has 7 aliphatic heterocycles. The molecule has 590 valence electrons. The van der Waals surface area contributed by atoms with Gasteiger partial charge in [0.2, 0.25) is 0 Å². The highest BCUT2D eigenvalue weighted by atomic mass is 17.2. The van der Waals surface area contributed by atoms with Crippen molar-refractivity contribution in [3.05, 3.63) is 23.8 Å². The van der Waals surface area contributed by atoms with Crippen molar-refractivity contribution < 1.29 is 172 Å². The van der Waals surface area contributed by atoms with Gasteiger partial charge in [-0.25, -0.2) is 19.6 Å². The van der Waals surface area contributed by atoms with Crippen LogP contribution in [0.25, 0.3) is 0 Å². The van der Waals surface area contributed by atoms with Gasteiger partial charge in [-0.15, -0.1) is 6.58 Å². The largest absolute Gasteiger partial charge is 0.462 e.